The van der Waals surface area contributed by atoms with Crippen LogP contribution in [0.1, 0.15) is 87.7 Å². The Morgan fingerprint density at radius 1 is 0.889 bits per heavy atom. The Bertz CT molecular complexity index is 1650. The van der Waals surface area contributed by atoms with Gasteiger partial charge in [-0.1, -0.05) is 0 Å². The molecule has 0 aromatic heterocycles. The number of rotatable bonds is 6. The zero-order chi connectivity index (χ0) is 32.3. The molecule has 2 saturated heterocycles. The zero-order valence-electron chi connectivity index (χ0n) is 25.7. The number of ether oxygens (including phenoxy) is 2. The molecule has 13 heteroatoms. The van der Waals surface area contributed by atoms with Gasteiger partial charge in [-0.3, -0.25) is 18.7 Å². The number of nitrogens with zero attached hydrogens (tertiary/aromatic N) is 4. The van der Waals surface area contributed by atoms with Crippen molar-refractivity contribution in [1.82, 2.24) is 9.80 Å². The van der Waals surface area contributed by atoms with Crippen LogP contribution in [0.25, 0.3) is 0 Å². The lowest BCUT2D eigenvalue weighted by Crippen LogP contribution is -2.56. The molecule has 0 aliphatic carbocycles. The molecule has 0 bridgehead atoms. The van der Waals surface area contributed by atoms with Crippen LogP contribution in [0.4, 0.5) is 0 Å². The van der Waals surface area contributed by atoms with Crippen LogP contribution in [-0.4, -0.2) is 68.4 Å². The van der Waals surface area contributed by atoms with Crippen LogP contribution in [0, 0.1) is 22.7 Å². The molecule has 4 heterocycles. The van der Waals surface area contributed by atoms with Crippen molar-refractivity contribution in [2.75, 3.05) is 13.1 Å². The van der Waals surface area contributed by atoms with Gasteiger partial charge in [-0.2, -0.15) is 10.5 Å². The van der Waals surface area contributed by atoms with Crippen molar-refractivity contribution in [3.8, 4) is 23.6 Å². The Balaban J connectivity index is 1.39. The van der Waals surface area contributed by atoms with Gasteiger partial charge in [0.25, 0.3) is 0 Å². The maximum atomic E-state index is 14.2. The van der Waals surface area contributed by atoms with Gasteiger partial charge in [0.15, 0.2) is 0 Å². The van der Waals surface area contributed by atoms with Gasteiger partial charge >= 0.3 is 7.82 Å². The van der Waals surface area contributed by atoms with E-state index in [0.717, 1.165) is 0 Å². The summed E-state index contributed by atoms with van der Waals surface area (Å²) >= 11 is 0. The fourth-order valence-electron chi connectivity index (χ4n) is 7.08. The molecule has 45 heavy (non-hydrogen) atoms. The van der Waals surface area contributed by atoms with Crippen LogP contribution in [0.3, 0.4) is 0 Å². The lowest BCUT2D eigenvalue weighted by atomic mass is 9.85. The third-order valence-electron chi connectivity index (χ3n) is 9.16. The number of amides is 1. The van der Waals surface area contributed by atoms with Crippen molar-refractivity contribution in [2.45, 2.75) is 95.1 Å². The smallest absolute Gasteiger partial charge is 0.473 e. The van der Waals surface area contributed by atoms with E-state index >= 15 is 0 Å². The van der Waals surface area contributed by atoms with Crippen LogP contribution in [0.15, 0.2) is 36.4 Å². The Labute approximate surface area is 262 Å². The van der Waals surface area contributed by atoms with Crippen LogP contribution in [0.2, 0.25) is 0 Å². The normalized spacial score (nSPS) is 29.8. The standard InChI is InChI=1S/C32H37N4O8P/c1-31(2)29(27(35-13-5-7-25(35)37)21-15-19(17-33)9-11-23(21)41-31)43-45(39,40)44-30-28(36-14-6-8-26(36)38)22-16-20(18-34)10-12-24(22)42-32(30,3)4/h9-12,15-16,25,27-30,37H,5-8,13-14H2,1-4H3,(H,39,40)/t25?,27-,28-,29+,30+/m1/s1. The molecule has 12 nitrogen and oxygen atoms in total. The third-order valence-corrected chi connectivity index (χ3v) is 10.2. The van der Waals surface area contributed by atoms with E-state index in [4.69, 9.17) is 18.5 Å². The molecular formula is C32H37N4O8P. The van der Waals surface area contributed by atoms with Crippen molar-refractivity contribution in [1.29, 1.82) is 10.5 Å². The van der Waals surface area contributed by atoms with Crippen molar-refractivity contribution in [3.63, 3.8) is 0 Å². The summed E-state index contributed by atoms with van der Waals surface area (Å²) in [4.78, 5) is 28.0. The van der Waals surface area contributed by atoms with Gasteiger partial charge in [-0.15, -0.1) is 0 Å². The predicted molar refractivity (Wildman–Crippen MR) is 160 cm³/mol. The van der Waals surface area contributed by atoms with Gasteiger partial charge in [0, 0.05) is 30.6 Å². The van der Waals surface area contributed by atoms with Gasteiger partial charge < -0.3 is 24.4 Å². The molecule has 0 spiro atoms. The van der Waals surface area contributed by atoms with Crippen molar-refractivity contribution in [2.24, 2.45) is 0 Å². The molecule has 238 valence electrons. The molecule has 1 amide bonds. The first-order valence-electron chi connectivity index (χ1n) is 15.1. The van der Waals surface area contributed by atoms with E-state index in [-0.39, 0.29) is 5.91 Å². The van der Waals surface area contributed by atoms with Crippen molar-refractivity contribution in [3.05, 3.63) is 58.7 Å². The monoisotopic (exact) mass is 636 g/mol. The molecule has 6 rings (SSSR count). The average molecular weight is 637 g/mol. The van der Waals surface area contributed by atoms with E-state index in [2.05, 4.69) is 12.1 Å². The first-order chi connectivity index (χ1) is 21.2. The van der Waals surface area contributed by atoms with Crippen molar-refractivity contribution >= 4 is 13.7 Å². The lowest BCUT2D eigenvalue weighted by molar-refractivity contribution is -0.143. The average Bonchev–Trinajstić information content (AvgIpc) is 3.60. The number of benzene rings is 2. The van der Waals surface area contributed by atoms with Gasteiger partial charge in [0.1, 0.15) is 41.1 Å². The Hall–Kier alpha value is -3.48. The second kappa shape index (κ2) is 11.4. The number of hydrogen-bond donors (Lipinski definition) is 2. The first-order valence-corrected chi connectivity index (χ1v) is 16.6. The number of phosphoric acid groups is 1. The molecule has 2 aromatic carbocycles. The summed E-state index contributed by atoms with van der Waals surface area (Å²) in [6.45, 7) is 7.78. The molecule has 4 aliphatic rings. The van der Waals surface area contributed by atoms with Gasteiger partial charge in [0.2, 0.25) is 5.91 Å². The topological polar surface area (TPSA) is 166 Å². The summed E-state index contributed by atoms with van der Waals surface area (Å²) < 4.78 is 38.9. The quantitative estimate of drug-likeness (QED) is 0.430. The van der Waals surface area contributed by atoms with E-state index in [0.29, 0.717) is 72.5 Å². The largest absolute Gasteiger partial charge is 0.485 e. The zero-order valence-corrected chi connectivity index (χ0v) is 26.6. The van der Waals surface area contributed by atoms with Crippen LogP contribution >= 0.6 is 7.82 Å². The molecule has 2 fully saturated rings. The van der Waals surface area contributed by atoms with Gasteiger partial charge in [-0.25, -0.2) is 4.57 Å². The second-order valence-electron chi connectivity index (χ2n) is 13.1. The predicted octanol–water partition coefficient (Wildman–Crippen LogP) is 4.46. The number of hydrogen-bond acceptors (Lipinski definition) is 10. The summed E-state index contributed by atoms with van der Waals surface area (Å²) in [6, 6.07) is 12.5. The van der Waals surface area contributed by atoms with Crippen LogP contribution < -0.4 is 9.47 Å². The highest BCUT2D eigenvalue weighted by atomic mass is 31.2. The number of fused-ring (bicyclic) bond motifs is 2. The Kier molecular flexibility index (Phi) is 7.98. The number of aliphatic hydroxyl groups excluding tert-OH is 1. The van der Waals surface area contributed by atoms with E-state index < -0.39 is 49.5 Å². The van der Waals surface area contributed by atoms with Crippen LogP contribution in [-0.2, 0) is 18.4 Å². The summed E-state index contributed by atoms with van der Waals surface area (Å²) in [5, 5.41) is 30.2. The van der Waals surface area contributed by atoms with Gasteiger partial charge in [0.05, 0.1) is 35.3 Å². The van der Waals surface area contributed by atoms with E-state index in [1.807, 2.05) is 0 Å². The minimum atomic E-state index is -4.98. The summed E-state index contributed by atoms with van der Waals surface area (Å²) in [5.41, 5.74) is -0.599. The highest BCUT2D eigenvalue weighted by molar-refractivity contribution is 7.47. The molecular weight excluding hydrogens is 599 g/mol. The van der Waals surface area contributed by atoms with E-state index in [1.165, 1.54) is 0 Å². The molecule has 2 aromatic rings. The van der Waals surface area contributed by atoms with Crippen LogP contribution in [0.5, 0.6) is 11.5 Å². The maximum absolute atomic E-state index is 14.2. The molecule has 2 unspecified atom stereocenters. The Morgan fingerprint density at radius 3 is 1.89 bits per heavy atom. The minimum absolute atomic E-state index is 0.136. The number of carbonyl (C=O) groups is 1. The second-order valence-corrected chi connectivity index (χ2v) is 14.5. The maximum Gasteiger partial charge on any atom is 0.473 e. The summed E-state index contributed by atoms with van der Waals surface area (Å²) in [5.74, 6) is 0.797. The van der Waals surface area contributed by atoms with Crippen molar-refractivity contribution < 1.29 is 37.9 Å². The summed E-state index contributed by atoms with van der Waals surface area (Å²) in [6.07, 6.45) is -0.986. The molecule has 4 aliphatic heterocycles. The summed E-state index contributed by atoms with van der Waals surface area (Å²) in [7, 11) is -4.98. The SMILES string of the molecule is CC1(C)Oc2ccc(C#N)cc2[C@@H](N2CCCC2=O)[C@@H]1OP(=O)(O)O[C@H]1[C@H](N2CCCC2O)c2cc(C#N)ccc2OC1(C)C. The molecule has 0 saturated carbocycles. The first kappa shape index (κ1) is 31.5. The fraction of sp³-hybridized carbons (Fsp3) is 0.531. The molecule has 2 N–H and O–H groups in total. The van der Waals surface area contributed by atoms with E-state index in [9.17, 15) is 29.9 Å². The number of carbonyl (C=O) groups excluding carboxylic acids is 1. The fourth-order valence-corrected chi connectivity index (χ4v) is 8.44. The molecule has 6 atom stereocenters. The number of aliphatic hydroxyl groups is 1. The third kappa shape index (κ3) is 5.72. The Morgan fingerprint density at radius 2 is 1.42 bits per heavy atom. The van der Waals surface area contributed by atoms with Gasteiger partial charge in [-0.05, 0) is 83.4 Å². The number of phosphoric ester groups is 1. The highest BCUT2D eigenvalue weighted by Gasteiger charge is 2.56. The minimum Gasteiger partial charge on any atom is -0.485 e. The number of likely N-dealkylation sites (tertiary alicyclic amines) is 2. The molecule has 0 radical (unpaired) electrons. The lowest BCUT2D eigenvalue weighted by Gasteiger charge is -2.49. The van der Waals surface area contributed by atoms with E-state index in [1.54, 1.807) is 73.9 Å². The number of nitriles is 2. The highest BCUT2D eigenvalue weighted by Crippen LogP contribution is 2.58.